The molecule has 1 heterocycles. The van der Waals surface area contributed by atoms with Gasteiger partial charge in [0.25, 0.3) is 11.8 Å². The van der Waals surface area contributed by atoms with Crippen LogP contribution in [-0.4, -0.2) is 72.7 Å². The average Bonchev–Trinajstić information content (AvgIpc) is 3.27. The monoisotopic (exact) mass is 627 g/mol. The van der Waals surface area contributed by atoms with Gasteiger partial charge in [-0.2, -0.15) is 0 Å². The van der Waals surface area contributed by atoms with Crippen molar-refractivity contribution in [1.82, 2.24) is 9.80 Å². The summed E-state index contributed by atoms with van der Waals surface area (Å²) in [6.45, 7) is 2.20. The Labute approximate surface area is 264 Å². The van der Waals surface area contributed by atoms with E-state index in [9.17, 15) is 24.0 Å². The fraction of sp³-hybridized carbons (Fsp3) is 0.485. The lowest BCUT2D eigenvalue weighted by molar-refractivity contribution is -0.131. The van der Waals surface area contributed by atoms with Gasteiger partial charge in [-0.05, 0) is 48.9 Å². The highest BCUT2D eigenvalue weighted by Crippen LogP contribution is 2.26. The molecular weight excluding hydrogens is 586 g/mol. The lowest BCUT2D eigenvalue weighted by atomic mass is 10.0. The molecule has 0 aliphatic carbocycles. The first-order valence-electron chi connectivity index (χ1n) is 15.2. The van der Waals surface area contributed by atoms with Gasteiger partial charge in [-0.15, -0.1) is 0 Å². The van der Waals surface area contributed by atoms with E-state index >= 15 is 0 Å². The highest BCUT2D eigenvalue weighted by atomic mass is 35.5. The maximum atomic E-state index is 13.6. The van der Waals surface area contributed by atoms with E-state index in [0.29, 0.717) is 10.6 Å². The Bertz CT molecular complexity index is 1310. The number of methoxy groups -OCH3 is 1. The summed E-state index contributed by atoms with van der Waals surface area (Å²) < 4.78 is 10.5. The number of unbranched alkanes of at least 4 members (excludes halogenated alkanes) is 9. The number of carbonyl (C=O) groups excluding carboxylic acids is 5. The molecule has 1 saturated heterocycles. The van der Waals surface area contributed by atoms with E-state index in [0.717, 1.165) is 24.2 Å². The van der Waals surface area contributed by atoms with E-state index in [2.05, 4.69) is 12.2 Å². The van der Waals surface area contributed by atoms with Crippen LogP contribution >= 0.6 is 11.6 Å². The van der Waals surface area contributed by atoms with Crippen LogP contribution in [0.3, 0.4) is 0 Å². The molecule has 0 radical (unpaired) electrons. The van der Waals surface area contributed by atoms with Crippen LogP contribution in [0, 0.1) is 0 Å². The van der Waals surface area contributed by atoms with Gasteiger partial charge in [-0.25, -0.2) is 14.5 Å². The number of halogens is 1. The summed E-state index contributed by atoms with van der Waals surface area (Å²) >= 11 is 6.32. The number of likely N-dealkylation sites (N-methyl/N-ethyl adjacent to an activating group) is 1. The fourth-order valence-corrected chi connectivity index (χ4v) is 5.11. The van der Waals surface area contributed by atoms with Crippen molar-refractivity contribution < 1.29 is 33.4 Å². The number of urea groups is 1. The van der Waals surface area contributed by atoms with Crippen molar-refractivity contribution in [2.24, 2.45) is 0 Å². The SMILES string of the molecule is CCCCCCCCCCCCOC(=O)c1ccc(Cl)c(NC(=O)C(C(=O)c2ccc(OC)cc2)N2C(=O)CN(C)C2=O)c1. The summed E-state index contributed by atoms with van der Waals surface area (Å²) in [6, 6.07) is 7.59. The molecule has 11 heteroatoms. The molecule has 3 rings (SSSR count). The number of hydrogen-bond acceptors (Lipinski definition) is 7. The minimum atomic E-state index is -1.81. The molecule has 1 fully saturated rings. The molecule has 238 valence electrons. The number of ketones is 1. The molecule has 2 aromatic carbocycles. The molecule has 1 unspecified atom stereocenters. The largest absolute Gasteiger partial charge is 0.497 e. The minimum absolute atomic E-state index is 0.0324. The average molecular weight is 628 g/mol. The van der Waals surface area contributed by atoms with Crippen molar-refractivity contribution in [2.45, 2.75) is 77.2 Å². The Morgan fingerprint density at radius 2 is 1.48 bits per heavy atom. The molecule has 10 nitrogen and oxygen atoms in total. The van der Waals surface area contributed by atoms with Crippen molar-refractivity contribution >= 4 is 46.9 Å². The standard InChI is InChI=1S/C33H42ClN3O7/c1-4-5-6-7-8-9-10-11-12-13-20-44-32(41)24-16-19-26(34)27(21-24)35-31(40)29(37-28(38)22-36(2)33(37)42)30(39)23-14-17-25(43-3)18-15-23/h14-19,21,29H,4-13,20,22H2,1-3H3,(H,35,40). The summed E-state index contributed by atoms with van der Waals surface area (Å²) in [7, 11) is 2.87. The van der Waals surface area contributed by atoms with Crippen LogP contribution in [0.2, 0.25) is 5.02 Å². The van der Waals surface area contributed by atoms with E-state index in [1.807, 2.05) is 0 Å². The molecule has 0 saturated carbocycles. The molecular formula is C33H42ClN3O7. The summed E-state index contributed by atoms with van der Waals surface area (Å²) in [5.74, 6) is -2.52. The number of esters is 1. The van der Waals surface area contributed by atoms with E-state index < -0.39 is 35.6 Å². The molecule has 1 aliphatic rings. The molecule has 1 N–H and O–H groups in total. The van der Waals surface area contributed by atoms with Gasteiger partial charge in [0.2, 0.25) is 0 Å². The Balaban J connectivity index is 1.63. The van der Waals surface area contributed by atoms with E-state index in [-0.39, 0.29) is 35.0 Å². The maximum Gasteiger partial charge on any atom is 0.338 e. The molecule has 0 aromatic heterocycles. The van der Waals surface area contributed by atoms with Gasteiger partial charge >= 0.3 is 12.0 Å². The fourth-order valence-electron chi connectivity index (χ4n) is 4.95. The van der Waals surface area contributed by atoms with Crippen molar-refractivity contribution in [2.75, 3.05) is 32.6 Å². The quantitative estimate of drug-likeness (QED) is 0.0657. The number of Topliss-reactive ketones (excluding diaryl/α,β-unsaturated/α-hetero) is 1. The Kier molecular flexibility index (Phi) is 13.7. The van der Waals surface area contributed by atoms with Crippen LogP contribution in [0.4, 0.5) is 10.5 Å². The summed E-state index contributed by atoms with van der Waals surface area (Å²) in [4.78, 5) is 67.1. The van der Waals surface area contributed by atoms with Crippen LogP contribution in [0.1, 0.15) is 91.8 Å². The molecule has 1 aliphatic heterocycles. The van der Waals surface area contributed by atoms with Crippen molar-refractivity contribution in [3.63, 3.8) is 0 Å². The second kappa shape index (κ2) is 17.4. The first-order chi connectivity index (χ1) is 21.2. The zero-order valence-electron chi connectivity index (χ0n) is 25.7. The minimum Gasteiger partial charge on any atom is -0.497 e. The first kappa shape index (κ1) is 34.6. The topological polar surface area (TPSA) is 122 Å². The third-order valence-electron chi connectivity index (χ3n) is 7.49. The van der Waals surface area contributed by atoms with Crippen molar-refractivity contribution in [1.29, 1.82) is 0 Å². The summed E-state index contributed by atoms with van der Waals surface area (Å²) in [6.07, 6.45) is 11.6. The predicted octanol–water partition coefficient (Wildman–Crippen LogP) is 6.51. The number of rotatable bonds is 18. The van der Waals surface area contributed by atoms with Crippen LogP contribution in [0.5, 0.6) is 5.75 Å². The highest BCUT2D eigenvalue weighted by Gasteiger charge is 2.46. The number of carbonyl (C=O) groups is 5. The number of benzene rings is 2. The summed E-state index contributed by atoms with van der Waals surface area (Å²) in [5, 5.41) is 2.63. The lowest BCUT2D eigenvalue weighted by Gasteiger charge is -2.24. The third-order valence-corrected chi connectivity index (χ3v) is 7.82. The second-order valence-corrected chi connectivity index (χ2v) is 11.3. The third kappa shape index (κ3) is 9.54. The Morgan fingerprint density at radius 1 is 0.886 bits per heavy atom. The number of nitrogens with one attached hydrogen (secondary N) is 1. The number of amides is 4. The van der Waals surface area contributed by atoms with Gasteiger partial charge in [-0.3, -0.25) is 14.4 Å². The number of ether oxygens (including phenoxy) is 2. The lowest BCUT2D eigenvalue weighted by Crippen LogP contribution is -2.52. The second-order valence-electron chi connectivity index (χ2n) is 10.9. The molecule has 0 bridgehead atoms. The number of imide groups is 1. The van der Waals surface area contributed by atoms with Crippen LogP contribution in [0.15, 0.2) is 42.5 Å². The Hall–Kier alpha value is -3.92. The normalized spacial score (nSPS) is 13.6. The number of anilines is 1. The zero-order valence-corrected chi connectivity index (χ0v) is 26.5. The molecule has 44 heavy (non-hydrogen) atoms. The van der Waals surface area contributed by atoms with Crippen molar-refractivity contribution in [3.8, 4) is 5.75 Å². The van der Waals surface area contributed by atoms with Gasteiger partial charge in [0, 0.05) is 12.6 Å². The zero-order chi connectivity index (χ0) is 32.1. The number of nitrogens with zero attached hydrogens (tertiary/aromatic N) is 2. The van der Waals surface area contributed by atoms with Gasteiger partial charge < -0.3 is 19.7 Å². The van der Waals surface area contributed by atoms with E-state index in [1.165, 1.54) is 102 Å². The Morgan fingerprint density at radius 3 is 2.05 bits per heavy atom. The number of hydrogen-bond donors (Lipinski definition) is 1. The maximum absolute atomic E-state index is 13.6. The summed E-state index contributed by atoms with van der Waals surface area (Å²) in [5.41, 5.74) is 0.282. The van der Waals surface area contributed by atoms with Crippen molar-refractivity contribution in [3.05, 3.63) is 58.6 Å². The van der Waals surface area contributed by atoms with Gasteiger partial charge in [-0.1, -0.05) is 76.3 Å². The van der Waals surface area contributed by atoms with Crippen LogP contribution in [-0.2, 0) is 14.3 Å². The van der Waals surface area contributed by atoms with E-state index in [1.54, 1.807) is 0 Å². The first-order valence-corrected chi connectivity index (χ1v) is 15.6. The van der Waals surface area contributed by atoms with Crippen LogP contribution < -0.4 is 10.1 Å². The van der Waals surface area contributed by atoms with Crippen LogP contribution in [0.25, 0.3) is 0 Å². The van der Waals surface area contributed by atoms with Gasteiger partial charge in [0.1, 0.15) is 12.3 Å². The van der Waals surface area contributed by atoms with Gasteiger partial charge in [0.15, 0.2) is 11.8 Å². The van der Waals surface area contributed by atoms with E-state index in [4.69, 9.17) is 21.1 Å². The van der Waals surface area contributed by atoms with Gasteiger partial charge in [0.05, 0.1) is 30.0 Å². The smallest absolute Gasteiger partial charge is 0.338 e. The molecule has 0 spiro atoms. The predicted molar refractivity (Wildman–Crippen MR) is 168 cm³/mol. The highest BCUT2D eigenvalue weighted by molar-refractivity contribution is 6.34. The molecule has 1 atom stereocenters. The molecule has 2 aromatic rings. The molecule has 4 amide bonds.